The summed E-state index contributed by atoms with van der Waals surface area (Å²) >= 11 is 5.53. The molecule has 0 spiro atoms. The van der Waals surface area contributed by atoms with Gasteiger partial charge in [0, 0.05) is 153 Å². The number of aromatic nitrogens is 5. The Bertz CT molecular complexity index is 5490. The van der Waals surface area contributed by atoms with E-state index in [9.17, 15) is 39.3 Å². The second-order valence-corrected chi connectivity index (χ2v) is 29.6. The normalized spacial score (nSPS) is 13.0. The van der Waals surface area contributed by atoms with E-state index in [-0.39, 0.29) is 34.2 Å². The third-order valence-corrected chi connectivity index (χ3v) is 20.9. The highest BCUT2D eigenvalue weighted by atomic mass is 35.5. The number of nitrogens with zero attached hydrogens (tertiary/aromatic N) is 9. The number of benzene rings is 8. The van der Waals surface area contributed by atoms with E-state index in [0.717, 1.165) is 73.4 Å². The van der Waals surface area contributed by atoms with Crippen LogP contribution in [0.3, 0.4) is 0 Å². The van der Waals surface area contributed by atoms with Crippen molar-refractivity contribution in [3.05, 3.63) is 305 Å². The Balaban J connectivity index is 0.000000151. The zero-order chi connectivity index (χ0) is 87.2. The van der Waals surface area contributed by atoms with Gasteiger partial charge in [-0.05, 0) is 219 Å². The van der Waals surface area contributed by atoms with E-state index in [1.807, 2.05) is 121 Å². The molecule has 0 atom stereocenters. The lowest BCUT2D eigenvalue weighted by Gasteiger charge is -2.17. The molecule has 4 aliphatic heterocycles. The molecule has 4 saturated heterocycles. The highest BCUT2D eigenvalue weighted by molar-refractivity contribution is 6.17. The second-order valence-electron chi connectivity index (χ2n) is 29.4. The van der Waals surface area contributed by atoms with Gasteiger partial charge in [0.2, 0.25) is 11.5 Å². The third kappa shape index (κ3) is 25.6. The van der Waals surface area contributed by atoms with Crippen LogP contribution < -0.4 is 53.2 Å². The van der Waals surface area contributed by atoms with Crippen molar-refractivity contribution in [3.63, 3.8) is 0 Å². The summed E-state index contributed by atoms with van der Waals surface area (Å²) in [5.74, 6) is -2.08. The van der Waals surface area contributed by atoms with E-state index >= 15 is 0 Å². The first-order chi connectivity index (χ1) is 59.6. The number of hydrogen-bond donors (Lipinski definition) is 13. The Morgan fingerprint density at radius 3 is 1.22 bits per heavy atom. The van der Waals surface area contributed by atoms with E-state index < -0.39 is 40.5 Å². The minimum Gasteiger partial charge on any atom is -0.504 e. The van der Waals surface area contributed by atoms with E-state index in [4.69, 9.17) is 55.0 Å². The average molecular weight is 1680 g/mol. The largest absolute Gasteiger partial charge is 0.504 e. The number of carboxylic acids is 1. The fourth-order valence-corrected chi connectivity index (χ4v) is 13.9. The van der Waals surface area contributed by atoms with Crippen LogP contribution in [0.2, 0.25) is 0 Å². The topological polar surface area (TPSA) is 424 Å². The van der Waals surface area contributed by atoms with Gasteiger partial charge < -0.3 is 88.9 Å². The third-order valence-electron chi connectivity index (χ3n) is 20.6. The summed E-state index contributed by atoms with van der Waals surface area (Å²) in [7, 11) is 0. The number of phenolic OH excluding ortho intramolecular Hbond substituents is 6. The maximum atomic E-state index is 13.2. The van der Waals surface area contributed by atoms with Gasteiger partial charge in [-0.3, -0.25) is 23.6 Å². The monoisotopic (exact) mass is 1680 g/mol. The number of aromatic hydroxyl groups is 6. The van der Waals surface area contributed by atoms with Gasteiger partial charge >= 0.3 is 5.97 Å². The summed E-state index contributed by atoms with van der Waals surface area (Å²) in [5, 5.41) is 71.9. The molecule has 27 nitrogen and oxygen atoms in total. The Hall–Kier alpha value is -14.9. The number of nitrogens with two attached hydrogens (primary N) is 4. The number of anilines is 10. The number of hydrogen-bond acceptors (Lipinski definition) is 24. The fourth-order valence-electron chi connectivity index (χ4n) is 13.8. The molecule has 17 rings (SSSR count). The van der Waals surface area contributed by atoms with Gasteiger partial charge in [-0.15, -0.1) is 11.6 Å². The summed E-state index contributed by atoms with van der Waals surface area (Å²) < 4.78 is 1.74. The molecule has 0 bridgehead atoms. The van der Waals surface area contributed by atoms with Crippen LogP contribution in [-0.4, -0.2) is 142 Å². The lowest BCUT2D eigenvalue weighted by Crippen LogP contribution is -2.17. The number of aromatic carboxylic acids is 1. The first-order valence-corrected chi connectivity index (χ1v) is 40.8. The molecular weight excluding hydrogens is 1580 g/mol. The van der Waals surface area contributed by atoms with Gasteiger partial charge in [0.15, 0.2) is 40.9 Å². The molecule has 4 fully saturated rings. The number of nitrogens with one attached hydrogen (secondary N) is 2. The number of halogens is 1. The number of pyridine rings is 4. The molecule has 0 aliphatic carbocycles. The van der Waals surface area contributed by atoms with E-state index in [1.54, 1.807) is 47.0 Å². The van der Waals surface area contributed by atoms with Crippen LogP contribution in [0.25, 0.3) is 16.9 Å². The first-order valence-electron chi connectivity index (χ1n) is 40.3. The number of carbonyl (C=O) groups is 5. The van der Waals surface area contributed by atoms with Gasteiger partial charge in [-0.25, -0.2) is 24.7 Å². The number of phenols is 6. The maximum Gasteiger partial charge on any atom is 0.337 e. The minimum atomic E-state index is -0.993. The number of aldehydes is 1. The minimum absolute atomic E-state index is 0.0553. The molecule has 5 aromatic heterocycles. The van der Waals surface area contributed by atoms with E-state index in [0.29, 0.717) is 88.5 Å². The average Bonchev–Trinajstić information content (AvgIpc) is 1.61. The number of fused-ring (bicyclic) bond motifs is 1. The van der Waals surface area contributed by atoms with Crippen LogP contribution in [0.1, 0.15) is 125 Å². The molecule has 634 valence electrons. The van der Waals surface area contributed by atoms with Crippen molar-refractivity contribution in [1.82, 2.24) is 24.3 Å². The maximum absolute atomic E-state index is 13.2. The van der Waals surface area contributed by atoms with Crippen molar-refractivity contribution in [2.45, 2.75) is 76.6 Å². The standard InChI is InChI=1S/C31H29N5O4.2C17H19N3O.C10H14N2.C7H7Cl.C7H6O4.C6H6N2O2/c37-25-14-13-24(28(38)29(25)39)27-30(32-18-20-6-2-1-3-7-20)36-19-21(8-15-26(36)34-27)31(40)33-22-9-11-23(12-10-22)35-16-4-5-17-35;2*18-17-8-5-14(12-19-17)16(21)11-13-3-6-15(7-4-13)20-9-1-2-10-20;11-9-3-5-10(6-4-9)12-7-1-2-8-12;8-6-7-4-2-1-3-5-7;8-3-4-1-2-5(9)7(11)6(4)10;7-5-2-1-4(3-8-5)6(9)10/h1-3,6-15,19,32,37-39H,4-5,16-18H2,(H,33,40);2*3-8,12H,1-2,9-11H2,(H2,18,19);3-6H,1-2,7-8,11H2;1-5H,6H2;1-3,9-11H;1-3H,(H2,7,8)(H,9,10). The molecular formula is C95H100ClN15O12. The highest BCUT2D eigenvalue weighted by Crippen LogP contribution is 2.45. The lowest BCUT2D eigenvalue weighted by atomic mass is 10.0. The predicted molar refractivity (Wildman–Crippen MR) is 485 cm³/mol. The molecule has 123 heavy (non-hydrogen) atoms. The van der Waals surface area contributed by atoms with Crippen molar-refractivity contribution in [3.8, 4) is 45.8 Å². The van der Waals surface area contributed by atoms with Crippen molar-refractivity contribution >= 4 is 104 Å². The van der Waals surface area contributed by atoms with Crippen LogP contribution in [0.4, 0.5) is 57.4 Å². The number of ketones is 2. The fraction of sp³-hybridized carbons (Fsp3) is 0.211. The molecule has 1 amide bonds. The Labute approximate surface area is 717 Å². The number of rotatable bonds is 19. The summed E-state index contributed by atoms with van der Waals surface area (Å²) in [4.78, 5) is 83.6. The Morgan fingerprint density at radius 1 is 0.415 bits per heavy atom. The van der Waals surface area contributed by atoms with Gasteiger partial charge in [0.25, 0.3) is 5.91 Å². The quantitative estimate of drug-likeness (QED) is 0.0118. The number of Topliss-reactive ketones (excluding diaryl/α,β-unsaturated/α-hetero) is 2. The molecule has 28 heteroatoms. The number of carboxylic acid groups (broad SMARTS) is 1. The molecule has 0 unspecified atom stereocenters. The number of carbonyl (C=O) groups excluding carboxylic acids is 4. The van der Waals surface area contributed by atoms with Crippen molar-refractivity contribution in [2.75, 3.05) is 106 Å². The van der Waals surface area contributed by atoms with E-state index in [2.05, 4.69) is 86.6 Å². The molecule has 0 saturated carbocycles. The van der Waals surface area contributed by atoms with Crippen LogP contribution in [0.5, 0.6) is 34.5 Å². The Morgan fingerprint density at radius 2 is 0.813 bits per heavy atom. The summed E-state index contributed by atoms with van der Waals surface area (Å²) in [5.41, 5.74) is 35.5. The van der Waals surface area contributed by atoms with Gasteiger partial charge in [-0.1, -0.05) is 84.9 Å². The summed E-state index contributed by atoms with van der Waals surface area (Å²) in [6.07, 6.45) is 17.3. The predicted octanol–water partition coefficient (Wildman–Crippen LogP) is 16.2. The summed E-state index contributed by atoms with van der Waals surface area (Å²) in [6, 6.07) is 70.5. The summed E-state index contributed by atoms with van der Waals surface area (Å²) in [6.45, 7) is 9.50. The van der Waals surface area contributed by atoms with Gasteiger partial charge in [-0.2, -0.15) is 0 Å². The lowest BCUT2D eigenvalue weighted by molar-refractivity contribution is 0.0695. The first kappa shape index (κ1) is 88.9. The smallest absolute Gasteiger partial charge is 0.337 e. The van der Waals surface area contributed by atoms with Gasteiger partial charge in [0.1, 0.15) is 34.6 Å². The van der Waals surface area contributed by atoms with Crippen LogP contribution in [0, 0.1) is 0 Å². The Kier molecular flexibility index (Phi) is 32.0. The molecule has 0 radical (unpaired) electrons. The van der Waals surface area contributed by atoms with Crippen LogP contribution in [-0.2, 0) is 25.3 Å². The number of alkyl halides is 1. The van der Waals surface area contributed by atoms with Crippen molar-refractivity contribution < 1.29 is 59.7 Å². The zero-order valence-electron chi connectivity index (χ0n) is 67.9. The highest BCUT2D eigenvalue weighted by Gasteiger charge is 2.24. The van der Waals surface area contributed by atoms with Crippen molar-refractivity contribution in [2.24, 2.45) is 0 Å². The van der Waals surface area contributed by atoms with Crippen LogP contribution >= 0.6 is 11.6 Å². The number of amides is 1. The van der Waals surface area contributed by atoms with Gasteiger partial charge in [0.05, 0.1) is 16.7 Å². The van der Waals surface area contributed by atoms with E-state index in [1.165, 1.54) is 136 Å². The second kappa shape index (κ2) is 44.3. The molecule has 13 aromatic rings. The number of nitrogen functional groups attached to an aromatic ring is 4. The van der Waals surface area contributed by atoms with Crippen LogP contribution in [0.15, 0.2) is 255 Å². The van der Waals surface area contributed by atoms with Crippen molar-refractivity contribution in [1.29, 1.82) is 0 Å². The molecule has 4 aliphatic rings. The molecule has 17 N–H and O–H groups in total. The molecule has 9 heterocycles. The number of imidazole rings is 1. The zero-order valence-corrected chi connectivity index (χ0v) is 68.6. The molecule has 8 aromatic carbocycles. The SMILES string of the molecule is ClCc1ccccc1.Nc1ccc(C(=O)Cc2ccc(N3CCCC3)cc2)cn1.Nc1ccc(C(=O)Cc2ccc(N3CCCC3)cc2)cn1.Nc1ccc(C(=O)O)cn1.Nc1ccc(N2CCCC2)cc1.O=C(Nc1ccc(N2CCCC2)cc1)c1ccc2nc(-c3ccc(O)c(O)c3O)c(NCc3ccccc3)n2c1.O=Cc1ccc(O)c(O)c1O.